The second-order valence-corrected chi connectivity index (χ2v) is 3.52. The zero-order chi connectivity index (χ0) is 10.1. The summed E-state index contributed by atoms with van der Waals surface area (Å²) in [4.78, 5) is 6.34. The van der Waals surface area contributed by atoms with Gasteiger partial charge in [-0.15, -0.1) is 0 Å². The van der Waals surface area contributed by atoms with E-state index in [1.165, 1.54) is 12.8 Å². The molecule has 2 heterocycles. The summed E-state index contributed by atoms with van der Waals surface area (Å²) in [7, 11) is 0. The van der Waals surface area contributed by atoms with Crippen molar-refractivity contribution in [2.24, 2.45) is 5.73 Å². The first-order valence-corrected chi connectivity index (χ1v) is 4.75. The van der Waals surface area contributed by atoms with Gasteiger partial charge in [0.15, 0.2) is 11.6 Å². The molecule has 76 valence electrons. The Hall–Kier alpha value is -1.52. The van der Waals surface area contributed by atoms with Crippen molar-refractivity contribution in [3.05, 3.63) is 11.5 Å². The molecule has 1 saturated heterocycles. The second kappa shape index (κ2) is 3.32. The average Bonchev–Trinajstić information content (AvgIpc) is 2.70. The van der Waals surface area contributed by atoms with Gasteiger partial charge in [0.2, 0.25) is 0 Å². The van der Waals surface area contributed by atoms with Gasteiger partial charge in [-0.25, -0.2) is 0 Å². The van der Waals surface area contributed by atoms with E-state index in [0.717, 1.165) is 13.1 Å². The highest BCUT2D eigenvalue weighted by Gasteiger charge is 2.20. The van der Waals surface area contributed by atoms with Crippen LogP contribution >= 0.6 is 0 Å². The summed E-state index contributed by atoms with van der Waals surface area (Å²) in [5.41, 5.74) is 6.05. The fourth-order valence-corrected chi connectivity index (χ4v) is 1.68. The molecule has 14 heavy (non-hydrogen) atoms. The summed E-state index contributed by atoms with van der Waals surface area (Å²) in [6.07, 6.45) is 2.35. The maximum absolute atomic E-state index is 7.29. The fraction of sp³-hybridized carbons (Fsp3) is 0.556. The summed E-state index contributed by atoms with van der Waals surface area (Å²) < 4.78 is 5.43. The van der Waals surface area contributed by atoms with Crippen LogP contribution in [0.2, 0.25) is 0 Å². The third-order valence-electron chi connectivity index (χ3n) is 2.41. The van der Waals surface area contributed by atoms with Crippen LogP contribution in [0, 0.1) is 12.3 Å². The molecule has 1 aliphatic heterocycles. The third-order valence-corrected chi connectivity index (χ3v) is 2.41. The highest BCUT2D eigenvalue weighted by molar-refractivity contribution is 5.93. The Balaban J connectivity index is 2.27. The van der Waals surface area contributed by atoms with Crippen LogP contribution in [0.15, 0.2) is 4.42 Å². The van der Waals surface area contributed by atoms with Gasteiger partial charge in [0.1, 0.15) is 0 Å². The zero-order valence-electron chi connectivity index (χ0n) is 8.21. The van der Waals surface area contributed by atoms with Crippen LogP contribution in [0.3, 0.4) is 0 Å². The van der Waals surface area contributed by atoms with Crippen molar-refractivity contribution >= 4 is 11.9 Å². The van der Waals surface area contributed by atoms with Gasteiger partial charge in [-0.3, -0.25) is 5.41 Å². The van der Waals surface area contributed by atoms with E-state index in [1.54, 1.807) is 6.92 Å². The van der Waals surface area contributed by atoms with Gasteiger partial charge in [-0.2, -0.15) is 4.98 Å². The molecule has 2 rings (SSSR count). The zero-order valence-corrected chi connectivity index (χ0v) is 8.21. The Labute approximate surface area is 82.4 Å². The van der Waals surface area contributed by atoms with E-state index in [1.807, 2.05) is 0 Å². The Morgan fingerprint density at radius 2 is 2.14 bits per heavy atom. The minimum absolute atomic E-state index is 0.0551. The number of nitrogen functional groups attached to an aromatic ring is 1. The topological polar surface area (TPSA) is 79.1 Å². The van der Waals surface area contributed by atoms with Crippen LogP contribution in [0.25, 0.3) is 0 Å². The number of nitrogens with zero attached hydrogens (tertiary/aromatic N) is 2. The highest BCUT2D eigenvalue weighted by Crippen LogP contribution is 2.21. The molecule has 1 aliphatic rings. The molecule has 1 fully saturated rings. The Morgan fingerprint density at radius 1 is 1.50 bits per heavy atom. The van der Waals surface area contributed by atoms with Crippen molar-refractivity contribution in [2.45, 2.75) is 19.8 Å². The SMILES string of the molecule is Cc1nc(N2CCCC2)oc1C(=N)N. The number of hydrogen-bond acceptors (Lipinski definition) is 4. The highest BCUT2D eigenvalue weighted by atomic mass is 16.4. The molecule has 0 aromatic carbocycles. The lowest BCUT2D eigenvalue weighted by Gasteiger charge is -2.10. The number of aromatic nitrogens is 1. The summed E-state index contributed by atoms with van der Waals surface area (Å²) in [6.45, 7) is 3.77. The largest absolute Gasteiger partial charge is 0.420 e. The molecule has 0 bridgehead atoms. The average molecular weight is 194 g/mol. The van der Waals surface area contributed by atoms with Gasteiger partial charge in [0, 0.05) is 13.1 Å². The van der Waals surface area contributed by atoms with E-state index in [9.17, 15) is 0 Å². The minimum Gasteiger partial charge on any atom is -0.420 e. The van der Waals surface area contributed by atoms with Crippen molar-refractivity contribution in [3.8, 4) is 0 Å². The van der Waals surface area contributed by atoms with Crippen LogP contribution in [-0.4, -0.2) is 23.9 Å². The van der Waals surface area contributed by atoms with Crippen molar-refractivity contribution in [1.82, 2.24) is 4.98 Å². The second-order valence-electron chi connectivity index (χ2n) is 3.52. The van der Waals surface area contributed by atoms with Crippen molar-refractivity contribution in [1.29, 1.82) is 5.41 Å². The van der Waals surface area contributed by atoms with Crippen LogP contribution in [0.4, 0.5) is 6.01 Å². The van der Waals surface area contributed by atoms with Crippen LogP contribution in [-0.2, 0) is 0 Å². The van der Waals surface area contributed by atoms with Crippen LogP contribution in [0.5, 0.6) is 0 Å². The summed E-state index contributed by atoms with van der Waals surface area (Å²) in [5, 5.41) is 7.29. The molecule has 0 aliphatic carbocycles. The van der Waals surface area contributed by atoms with Gasteiger partial charge in [0.25, 0.3) is 6.01 Å². The summed E-state index contributed by atoms with van der Waals surface area (Å²) in [6, 6.07) is 0.602. The van der Waals surface area contributed by atoms with Crippen LogP contribution < -0.4 is 10.6 Å². The fourth-order valence-electron chi connectivity index (χ4n) is 1.68. The molecular weight excluding hydrogens is 180 g/mol. The van der Waals surface area contributed by atoms with E-state index >= 15 is 0 Å². The molecule has 0 amide bonds. The summed E-state index contributed by atoms with van der Waals surface area (Å²) in [5.74, 6) is 0.340. The normalized spacial score (nSPS) is 16.2. The number of oxazole rings is 1. The van der Waals surface area contributed by atoms with Gasteiger partial charge < -0.3 is 15.1 Å². The molecule has 1 aromatic rings. The van der Waals surface area contributed by atoms with E-state index < -0.39 is 0 Å². The van der Waals surface area contributed by atoms with E-state index in [4.69, 9.17) is 15.6 Å². The lowest BCUT2D eigenvalue weighted by molar-refractivity contribution is 0.537. The number of hydrogen-bond donors (Lipinski definition) is 2. The van der Waals surface area contributed by atoms with Gasteiger partial charge in [-0.1, -0.05) is 0 Å². The number of anilines is 1. The Bertz CT molecular complexity index is 352. The molecule has 5 nitrogen and oxygen atoms in total. The molecule has 0 saturated carbocycles. The monoisotopic (exact) mass is 194 g/mol. The third kappa shape index (κ3) is 1.45. The predicted molar refractivity (Wildman–Crippen MR) is 53.7 cm³/mol. The quantitative estimate of drug-likeness (QED) is 0.540. The number of rotatable bonds is 2. The molecule has 3 N–H and O–H groups in total. The Morgan fingerprint density at radius 3 is 2.64 bits per heavy atom. The lowest BCUT2D eigenvalue weighted by atomic mass is 10.3. The first kappa shape index (κ1) is 9.05. The molecule has 0 atom stereocenters. The molecule has 0 spiro atoms. The van der Waals surface area contributed by atoms with Gasteiger partial charge in [0.05, 0.1) is 5.69 Å². The lowest BCUT2D eigenvalue weighted by Crippen LogP contribution is -2.17. The number of nitrogens with two attached hydrogens (primary N) is 1. The maximum Gasteiger partial charge on any atom is 0.298 e. The van der Waals surface area contributed by atoms with Crippen molar-refractivity contribution in [3.63, 3.8) is 0 Å². The maximum atomic E-state index is 7.29. The van der Waals surface area contributed by atoms with Crippen molar-refractivity contribution in [2.75, 3.05) is 18.0 Å². The first-order valence-electron chi connectivity index (χ1n) is 4.75. The Kier molecular flexibility index (Phi) is 2.15. The van der Waals surface area contributed by atoms with E-state index in [2.05, 4.69) is 9.88 Å². The standard InChI is InChI=1S/C9H14N4O/c1-6-7(8(10)11)14-9(12-6)13-4-2-3-5-13/h2-5H2,1H3,(H3,10,11). The minimum atomic E-state index is -0.0551. The molecular formula is C9H14N4O. The van der Waals surface area contributed by atoms with Gasteiger partial charge >= 0.3 is 0 Å². The molecule has 0 unspecified atom stereocenters. The smallest absolute Gasteiger partial charge is 0.298 e. The van der Waals surface area contributed by atoms with E-state index in [-0.39, 0.29) is 5.84 Å². The molecule has 1 aromatic heterocycles. The number of amidine groups is 1. The molecule has 0 radical (unpaired) electrons. The van der Waals surface area contributed by atoms with Crippen LogP contribution in [0.1, 0.15) is 24.3 Å². The number of aryl methyl sites for hydroxylation is 1. The van der Waals surface area contributed by atoms with Gasteiger partial charge in [-0.05, 0) is 19.8 Å². The first-order chi connectivity index (χ1) is 6.68. The van der Waals surface area contributed by atoms with Crippen molar-refractivity contribution < 1.29 is 4.42 Å². The molecule has 5 heteroatoms. The van der Waals surface area contributed by atoms with E-state index in [0.29, 0.717) is 17.5 Å². The summed E-state index contributed by atoms with van der Waals surface area (Å²) >= 11 is 0. The predicted octanol–water partition coefficient (Wildman–Crippen LogP) is 0.867. The number of nitrogens with one attached hydrogen (secondary N) is 1.